The smallest absolute Gasteiger partial charge is 0.162 e. The van der Waals surface area contributed by atoms with Gasteiger partial charge in [-0.1, -0.05) is 41.5 Å². The van der Waals surface area contributed by atoms with Crippen molar-refractivity contribution in [3.05, 3.63) is 11.8 Å². The van der Waals surface area contributed by atoms with Crippen molar-refractivity contribution in [3.8, 4) is 0 Å². The van der Waals surface area contributed by atoms with E-state index in [9.17, 15) is 4.79 Å². The van der Waals surface area contributed by atoms with Crippen molar-refractivity contribution in [3.63, 3.8) is 0 Å². The minimum Gasteiger partial charge on any atom is -0.387 e. The zero-order valence-electron chi connectivity index (χ0n) is 13.3. The number of hydrogen-bond donors (Lipinski definition) is 1. The Kier molecular flexibility index (Phi) is 6.08. The van der Waals surface area contributed by atoms with Crippen molar-refractivity contribution >= 4 is 5.78 Å². The lowest BCUT2D eigenvalue weighted by atomic mass is 9.85. The van der Waals surface area contributed by atoms with E-state index in [1.54, 1.807) is 6.08 Å². The van der Waals surface area contributed by atoms with Gasteiger partial charge in [0.05, 0.1) is 0 Å². The van der Waals surface area contributed by atoms with Crippen LogP contribution in [0.3, 0.4) is 0 Å². The quantitative estimate of drug-likeness (QED) is 0.766. The molecule has 3 heteroatoms. The van der Waals surface area contributed by atoms with Gasteiger partial charge in [-0.3, -0.25) is 4.79 Å². The van der Waals surface area contributed by atoms with E-state index in [1.165, 1.54) is 0 Å². The molecule has 0 aliphatic heterocycles. The highest BCUT2D eigenvalue weighted by Crippen LogP contribution is 2.25. The van der Waals surface area contributed by atoms with Gasteiger partial charge in [0.1, 0.15) is 0 Å². The topological polar surface area (TPSA) is 32.3 Å². The minimum absolute atomic E-state index is 0.0345. The molecule has 0 bridgehead atoms. The van der Waals surface area contributed by atoms with Gasteiger partial charge in [0.2, 0.25) is 0 Å². The maximum atomic E-state index is 12.1. The lowest BCUT2D eigenvalue weighted by Gasteiger charge is -2.26. The van der Waals surface area contributed by atoms with Crippen LogP contribution in [0.1, 0.15) is 41.5 Å². The van der Waals surface area contributed by atoms with Gasteiger partial charge in [-0.15, -0.1) is 0 Å². The molecule has 0 aliphatic rings. The van der Waals surface area contributed by atoms with E-state index >= 15 is 0 Å². The van der Waals surface area contributed by atoms with Gasteiger partial charge in [0, 0.05) is 35.7 Å². The fourth-order valence-electron chi connectivity index (χ4n) is 1.29. The lowest BCUT2D eigenvalue weighted by Crippen LogP contribution is -2.32. The number of nitrogens with one attached hydrogen (secondary N) is 1. The highest BCUT2D eigenvalue weighted by molar-refractivity contribution is 5.94. The number of nitrogens with zero attached hydrogens (tertiary/aromatic N) is 1. The van der Waals surface area contributed by atoms with Crippen molar-refractivity contribution in [2.24, 2.45) is 10.8 Å². The monoisotopic (exact) mass is 254 g/mol. The molecule has 0 fully saturated rings. The summed E-state index contributed by atoms with van der Waals surface area (Å²) in [7, 11) is 4.09. The maximum Gasteiger partial charge on any atom is 0.162 e. The molecule has 0 rings (SSSR count). The molecule has 0 aromatic rings. The summed E-state index contributed by atoms with van der Waals surface area (Å²) in [6.07, 6.45) is 1.77. The van der Waals surface area contributed by atoms with E-state index in [-0.39, 0.29) is 16.6 Å². The standard InChI is InChI=1S/C15H30N2O/c1-14(2,3)12(16-9-10-17(7)8)11-13(18)15(4,5)6/h11,16H,9-10H2,1-8H3/b12-11-. The molecular formula is C15H30N2O. The molecule has 0 unspecified atom stereocenters. The van der Waals surface area contributed by atoms with Crippen molar-refractivity contribution in [1.82, 2.24) is 10.2 Å². The molecule has 0 aromatic heterocycles. The number of ketones is 1. The van der Waals surface area contributed by atoms with E-state index in [1.807, 2.05) is 34.9 Å². The van der Waals surface area contributed by atoms with Crippen molar-refractivity contribution < 1.29 is 4.79 Å². The van der Waals surface area contributed by atoms with E-state index in [0.29, 0.717) is 0 Å². The Morgan fingerprint density at radius 1 is 1.06 bits per heavy atom. The number of rotatable bonds is 5. The third-order valence-electron chi connectivity index (χ3n) is 2.70. The van der Waals surface area contributed by atoms with Crippen LogP contribution in [-0.2, 0) is 4.79 Å². The molecule has 0 saturated heterocycles. The number of hydrogen-bond acceptors (Lipinski definition) is 3. The van der Waals surface area contributed by atoms with E-state index in [4.69, 9.17) is 0 Å². The molecule has 0 spiro atoms. The molecule has 0 aromatic carbocycles. The van der Waals surface area contributed by atoms with Crippen LogP contribution in [0.25, 0.3) is 0 Å². The Morgan fingerprint density at radius 2 is 1.56 bits per heavy atom. The predicted molar refractivity (Wildman–Crippen MR) is 78.6 cm³/mol. The van der Waals surface area contributed by atoms with Crippen LogP contribution in [0, 0.1) is 10.8 Å². The van der Waals surface area contributed by atoms with E-state index in [2.05, 4.69) is 31.0 Å². The number of carbonyl (C=O) groups excluding carboxylic acids is 1. The predicted octanol–water partition coefficient (Wildman–Crippen LogP) is 2.68. The van der Waals surface area contributed by atoms with Crippen LogP contribution in [-0.4, -0.2) is 37.9 Å². The summed E-state index contributed by atoms with van der Waals surface area (Å²) in [5.74, 6) is 0.171. The lowest BCUT2D eigenvalue weighted by molar-refractivity contribution is -0.121. The summed E-state index contributed by atoms with van der Waals surface area (Å²) in [5.41, 5.74) is 0.664. The first-order valence-electron chi connectivity index (χ1n) is 6.60. The van der Waals surface area contributed by atoms with Gasteiger partial charge in [0.25, 0.3) is 0 Å². The fraction of sp³-hybridized carbons (Fsp3) is 0.800. The summed E-state index contributed by atoms with van der Waals surface area (Å²) in [6, 6.07) is 0. The van der Waals surface area contributed by atoms with Crippen molar-refractivity contribution in [1.29, 1.82) is 0 Å². The third-order valence-corrected chi connectivity index (χ3v) is 2.70. The Bertz CT molecular complexity index is 303. The first kappa shape index (κ1) is 17.2. The average molecular weight is 254 g/mol. The summed E-state index contributed by atoms with van der Waals surface area (Å²) in [6.45, 7) is 14.0. The highest BCUT2D eigenvalue weighted by atomic mass is 16.1. The van der Waals surface area contributed by atoms with Crippen molar-refractivity contribution in [2.45, 2.75) is 41.5 Å². The molecular weight excluding hydrogens is 224 g/mol. The minimum atomic E-state index is -0.320. The van der Waals surface area contributed by atoms with E-state index < -0.39 is 0 Å². The Balaban J connectivity index is 4.81. The molecule has 0 radical (unpaired) electrons. The molecule has 3 nitrogen and oxygen atoms in total. The molecule has 0 heterocycles. The Morgan fingerprint density at radius 3 is 1.89 bits per heavy atom. The Labute approximate surface area is 113 Å². The molecule has 0 aliphatic carbocycles. The van der Waals surface area contributed by atoms with Crippen LogP contribution in [0.15, 0.2) is 11.8 Å². The summed E-state index contributed by atoms with van der Waals surface area (Å²) in [5, 5.41) is 3.39. The molecule has 0 atom stereocenters. The summed E-state index contributed by atoms with van der Waals surface area (Å²) in [4.78, 5) is 14.2. The number of likely N-dealkylation sites (N-methyl/N-ethyl adjacent to an activating group) is 1. The van der Waals surface area contributed by atoms with Crippen LogP contribution >= 0.6 is 0 Å². The second-order valence-electron chi connectivity index (χ2n) is 7.15. The number of allylic oxidation sites excluding steroid dienone is 2. The highest BCUT2D eigenvalue weighted by Gasteiger charge is 2.23. The van der Waals surface area contributed by atoms with Gasteiger partial charge in [-0.25, -0.2) is 0 Å². The summed E-state index contributed by atoms with van der Waals surface area (Å²) >= 11 is 0. The van der Waals surface area contributed by atoms with Gasteiger partial charge in [-0.2, -0.15) is 0 Å². The van der Waals surface area contributed by atoms with Crippen LogP contribution in [0.2, 0.25) is 0 Å². The fourth-order valence-corrected chi connectivity index (χ4v) is 1.29. The summed E-state index contributed by atoms with van der Waals surface area (Å²) < 4.78 is 0. The van der Waals surface area contributed by atoms with Crippen LogP contribution < -0.4 is 5.32 Å². The first-order valence-corrected chi connectivity index (χ1v) is 6.60. The average Bonchev–Trinajstić information content (AvgIpc) is 2.12. The Hall–Kier alpha value is -0.830. The number of carbonyl (C=O) groups is 1. The second-order valence-corrected chi connectivity index (χ2v) is 7.15. The van der Waals surface area contributed by atoms with Gasteiger partial charge < -0.3 is 10.2 Å². The van der Waals surface area contributed by atoms with Gasteiger partial charge in [0.15, 0.2) is 5.78 Å². The third kappa shape index (κ3) is 6.80. The zero-order chi connectivity index (χ0) is 14.6. The largest absolute Gasteiger partial charge is 0.387 e. The normalized spacial score (nSPS) is 13.9. The van der Waals surface area contributed by atoms with E-state index in [0.717, 1.165) is 18.8 Å². The first-order chi connectivity index (χ1) is 7.94. The second kappa shape index (κ2) is 6.37. The molecule has 18 heavy (non-hydrogen) atoms. The molecule has 106 valence electrons. The maximum absolute atomic E-state index is 12.1. The van der Waals surface area contributed by atoms with Gasteiger partial charge >= 0.3 is 0 Å². The van der Waals surface area contributed by atoms with Gasteiger partial charge in [-0.05, 0) is 14.1 Å². The molecule has 0 saturated carbocycles. The van der Waals surface area contributed by atoms with Crippen molar-refractivity contribution in [2.75, 3.05) is 27.2 Å². The van der Waals surface area contributed by atoms with Crippen LogP contribution in [0.4, 0.5) is 0 Å². The van der Waals surface area contributed by atoms with Crippen LogP contribution in [0.5, 0.6) is 0 Å². The molecule has 1 N–H and O–H groups in total. The SMILES string of the molecule is CN(C)CCN/C(=C\C(=O)C(C)(C)C)C(C)(C)C. The molecule has 0 amide bonds. The zero-order valence-corrected chi connectivity index (χ0v) is 13.3.